The Labute approximate surface area is 460 Å². The number of aromatic nitrogens is 1. The second-order valence-corrected chi connectivity index (χ2v) is 20.1. The van der Waals surface area contributed by atoms with Gasteiger partial charge in [0, 0.05) is 47.3 Å². The molecule has 0 saturated carbocycles. The van der Waals surface area contributed by atoms with E-state index >= 15 is 0 Å². The van der Waals surface area contributed by atoms with Crippen LogP contribution in [0.1, 0.15) is 65.8 Å². The molecule has 16 nitrogen and oxygen atoms in total. The van der Waals surface area contributed by atoms with Crippen LogP contribution >= 0.6 is 32.6 Å². The number of rotatable bonds is 13. The van der Waals surface area contributed by atoms with E-state index in [0.717, 1.165) is 48.7 Å². The Bertz CT molecular complexity index is 2620. The molecule has 0 radical (unpaired) electrons. The lowest BCUT2D eigenvalue weighted by atomic mass is 9.53. The highest BCUT2D eigenvalue weighted by Gasteiger charge is 2.64. The van der Waals surface area contributed by atoms with Crippen molar-refractivity contribution in [2.45, 2.75) is 81.4 Å². The number of aryl methyl sites for hydroxylation is 1. The van der Waals surface area contributed by atoms with Crippen LogP contribution in [0.5, 0.6) is 23.0 Å². The van der Waals surface area contributed by atoms with E-state index in [2.05, 4.69) is 88.7 Å². The van der Waals surface area contributed by atoms with Gasteiger partial charge in [-0.05, 0) is 120 Å². The Morgan fingerprint density at radius 3 is 2.11 bits per heavy atom. The Kier molecular flexibility index (Phi) is 25.4. The van der Waals surface area contributed by atoms with E-state index in [1.807, 2.05) is 80.8 Å². The molecule has 10 rings (SSSR count). The van der Waals surface area contributed by atoms with Crippen LogP contribution in [0, 0.1) is 12.8 Å². The monoisotopic (exact) mass is 1110 g/mol. The van der Waals surface area contributed by atoms with Crippen molar-refractivity contribution in [1.82, 2.24) is 20.1 Å². The molecular weight excluding hydrogens is 1030 g/mol. The zero-order valence-electron chi connectivity index (χ0n) is 44.1. The summed E-state index contributed by atoms with van der Waals surface area (Å²) in [5, 5.41) is 40.9. The van der Waals surface area contributed by atoms with Gasteiger partial charge >= 0.3 is 7.82 Å². The first-order chi connectivity index (χ1) is 35.5. The number of piperidine rings is 1. The van der Waals surface area contributed by atoms with Crippen LogP contribution in [-0.4, -0.2) is 148 Å². The van der Waals surface area contributed by atoms with Crippen molar-refractivity contribution >= 4 is 38.2 Å². The molecule has 5 aromatic rings. The second kappa shape index (κ2) is 30.3. The molecule has 4 heterocycles. The first kappa shape index (κ1) is 63.7. The van der Waals surface area contributed by atoms with Crippen molar-refractivity contribution < 1.29 is 58.6 Å². The molecule has 76 heavy (non-hydrogen) atoms. The number of halogens is 2. The third kappa shape index (κ3) is 16.6. The van der Waals surface area contributed by atoms with Gasteiger partial charge in [-0.1, -0.05) is 103 Å². The van der Waals surface area contributed by atoms with E-state index in [4.69, 9.17) is 48.4 Å². The maximum atomic E-state index is 10.6. The number of likely N-dealkylation sites (N-methyl/N-ethyl adjacent to an activating group) is 2. The summed E-state index contributed by atoms with van der Waals surface area (Å²) in [5.74, 6) is 3.26. The predicted octanol–water partition coefficient (Wildman–Crippen LogP) is 7.09. The number of para-hydroxylation sites is 2. The number of aliphatic hydroxyl groups is 4. The zero-order valence-corrected chi connectivity index (χ0v) is 46.6. The molecule has 1 unspecified atom stereocenters. The zero-order chi connectivity index (χ0) is 53.4. The average Bonchev–Trinajstić information content (AvgIpc) is 4.19. The number of benzene rings is 4. The Hall–Kier alpha value is -4.88. The van der Waals surface area contributed by atoms with Crippen molar-refractivity contribution in [1.29, 1.82) is 0 Å². The minimum atomic E-state index is -4.64. The smallest absolute Gasteiger partial charge is 0.466 e. The van der Waals surface area contributed by atoms with Crippen LogP contribution < -0.4 is 24.3 Å². The van der Waals surface area contributed by atoms with Gasteiger partial charge in [0.25, 0.3) is 0 Å². The van der Waals surface area contributed by atoms with Gasteiger partial charge in [0.2, 0.25) is 0 Å². The number of ether oxygens (including phenoxy) is 4. The van der Waals surface area contributed by atoms with Gasteiger partial charge in [0.05, 0.1) is 32.6 Å². The number of pyridine rings is 1. The topological polar surface area (TPSA) is 227 Å². The summed E-state index contributed by atoms with van der Waals surface area (Å²) in [4.78, 5) is 31.1. The molecule has 2 fully saturated rings. The molecule has 19 heteroatoms. The van der Waals surface area contributed by atoms with Crippen LogP contribution in [0.2, 0.25) is 0 Å². The van der Waals surface area contributed by atoms with Crippen LogP contribution in [0.25, 0.3) is 5.57 Å². The molecule has 4 aromatic carbocycles. The fourth-order valence-corrected chi connectivity index (χ4v) is 10.3. The first-order valence-electron chi connectivity index (χ1n) is 25.1. The molecule has 1 aromatic heterocycles. The number of nitrogens with zero attached hydrogens (tertiary/aromatic N) is 3. The van der Waals surface area contributed by atoms with Crippen LogP contribution in [0.4, 0.5) is 0 Å². The van der Waals surface area contributed by atoms with Gasteiger partial charge in [0.1, 0.15) is 24.9 Å². The maximum absolute atomic E-state index is 10.6. The predicted molar refractivity (Wildman–Crippen MR) is 301 cm³/mol. The molecule has 5 aliphatic rings. The van der Waals surface area contributed by atoms with Crippen LogP contribution in [-0.2, 0) is 16.4 Å². The lowest BCUT2D eigenvalue weighted by Gasteiger charge is -2.56. The van der Waals surface area contributed by atoms with Crippen molar-refractivity contribution in [2.75, 3.05) is 67.7 Å². The number of nitrogens with one attached hydrogen (secondary N) is 1. The SMILES string of the molecule is CN[C@@H](C)[C@@H](O)c1ccccc1.COc1ccc2c3c1O[C@H]1[C@@H](O)C=C[C@H]4[C@@H](C2)N(C)CC[C@@]341.COc1ccccc1OCC(O)CO.Cc1ccc(/C(=C\CN2CCCC2)c2ccccn2)cc1.Cl.Cl.O=P(O)(O)O. The summed E-state index contributed by atoms with van der Waals surface area (Å²) in [5.41, 5.74) is 8.39. The summed E-state index contributed by atoms with van der Waals surface area (Å²) in [6.45, 7) is 8.33. The van der Waals surface area contributed by atoms with Crippen molar-refractivity contribution in [3.05, 3.63) is 167 Å². The van der Waals surface area contributed by atoms with E-state index in [1.54, 1.807) is 26.4 Å². The minimum Gasteiger partial charge on any atom is -0.493 e. The van der Waals surface area contributed by atoms with Crippen molar-refractivity contribution in [2.24, 2.45) is 5.92 Å². The molecule has 8 N–H and O–H groups in total. The Morgan fingerprint density at radius 1 is 0.868 bits per heavy atom. The number of hydrogen-bond acceptors (Lipinski definition) is 13. The Morgan fingerprint density at radius 2 is 1.50 bits per heavy atom. The fourth-order valence-electron chi connectivity index (χ4n) is 10.3. The third-order valence-electron chi connectivity index (χ3n) is 14.2. The Balaban J connectivity index is 0.000000216. The van der Waals surface area contributed by atoms with E-state index in [0.29, 0.717) is 23.5 Å². The van der Waals surface area contributed by atoms with Crippen LogP contribution in [0.15, 0.2) is 134 Å². The number of hydrogen-bond donors (Lipinski definition) is 8. The van der Waals surface area contributed by atoms with Crippen LogP contribution in [0.3, 0.4) is 0 Å². The van der Waals surface area contributed by atoms with Gasteiger partial charge in [-0.15, -0.1) is 24.8 Å². The molecule has 1 spiro atoms. The highest BCUT2D eigenvalue weighted by molar-refractivity contribution is 7.45. The summed E-state index contributed by atoms with van der Waals surface area (Å²) >= 11 is 0. The summed E-state index contributed by atoms with van der Waals surface area (Å²) in [7, 11) is 2.66. The molecule has 8 atom stereocenters. The second-order valence-electron chi connectivity index (χ2n) is 19.1. The third-order valence-corrected chi connectivity index (χ3v) is 14.2. The summed E-state index contributed by atoms with van der Waals surface area (Å²) in [6, 6.07) is 36.4. The van der Waals surface area contributed by atoms with E-state index in [-0.39, 0.29) is 55.6 Å². The molecule has 416 valence electrons. The lowest BCUT2D eigenvalue weighted by Crippen LogP contribution is -2.64. The van der Waals surface area contributed by atoms with Gasteiger partial charge in [0.15, 0.2) is 23.0 Å². The van der Waals surface area contributed by atoms with Gasteiger partial charge in [-0.2, -0.15) is 0 Å². The number of methoxy groups -OCH3 is 2. The molecule has 2 aliphatic carbocycles. The number of phosphoric acid groups is 1. The lowest BCUT2D eigenvalue weighted by molar-refractivity contribution is -0.0453. The van der Waals surface area contributed by atoms with E-state index in [9.17, 15) is 10.2 Å². The quantitative estimate of drug-likeness (QED) is 0.0435. The highest BCUT2D eigenvalue weighted by atomic mass is 35.5. The van der Waals surface area contributed by atoms with Crippen molar-refractivity contribution in [3.8, 4) is 23.0 Å². The highest BCUT2D eigenvalue weighted by Crippen LogP contribution is 2.62. The molecule has 3 aliphatic heterocycles. The molecule has 2 bridgehead atoms. The fraction of sp³-hybridized carbons (Fsp3) is 0.421. The van der Waals surface area contributed by atoms with E-state index < -0.39 is 26.1 Å². The molecule has 2 saturated heterocycles. The number of likely N-dealkylation sites (tertiary alicyclic amines) is 2. The summed E-state index contributed by atoms with van der Waals surface area (Å²) in [6.07, 6.45) is 11.1. The van der Waals surface area contributed by atoms with E-state index in [1.165, 1.54) is 53.8 Å². The number of aliphatic hydroxyl groups excluding tert-OH is 4. The normalized spacial score (nSPS) is 21.9. The largest absolute Gasteiger partial charge is 0.493 e. The maximum Gasteiger partial charge on any atom is 0.466 e. The van der Waals surface area contributed by atoms with Gasteiger partial charge in [-0.3, -0.25) is 9.88 Å². The standard InChI is InChI=1S/C19H22N2.C18H21NO3.C10H15NO.C10H14O4.2ClH.H3O4P/c1-16-7-9-17(10-8-16)18(19-6-2-3-12-20-19)11-15-21-13-4-5-14-21;1-19-8-7-18-11-4-5-13(20)17(18)22-16-14(21-2)6-3-10(15(16)18)9-12(11)19;1-8(11-2)10(12)9-6-4-3-5-7-9;1-13-9-4-2-3-5-10(9)14-7-8(12)6-11;;;1-5(2,3)4/h2-3,6-12H,4-5,13-15H2,1H3;3-6,11-13,17,20H,7-9H2,1-2H3;3-8,10-12H,1-2H3;2-5,8,11-12H,6-7H2,1H3;2*1H;(H3,1,2,3,4)/b18-11+;;;;;;/t;11-,12+,13-,17-,18-;8-,10+;;;;/m.00..../s1. The molecule has 0 amide bonds. The van der Waals surface area contributed by atoms with Gasteiger partial charge < -0.3 is 64.3 Å². The first-order valence-corrected chi connectivity index (χ1v) is 26.7. The molecular formula is C57H77Cl2N4O12P. The minimum absolute atomic E-state index is 0. The summed E-state index contributed by atoms with van der Waals surface area (Å²) < 4.78 is 31.0. The van der Waals surface area contributed by atoms with Gasteiger partial charge in [-0.25, -0.2) is 4.57 Å². The van der Waals surface area contributed by atoms with Crippen molar-refractivity contribution in [3.63, 3.8) is 0 Å². The average molecular weight is 1110 g/mol.